The highest BCUT2D eigenvalue weighted by Crippen LogP contribution is 1.99. The highest BCUT2D eigenvalue weighted by molar-refractivity contribution is 5.11. The van der Waals surface area contributed by atoms with E-state index in [0.717, 1.165) is 12.0 Å². The fraction of sp³-hybridized carbons (Fsp3) is 0.500. The van der Waals surface area contributed by atoms with Crippen LogP contribution >= 0.6 is 0 Å². The summed E-state index contributed by atoms with van der Waals surface area (Å²) in [5.41, 5.74) is 6.84. The summed E-state index contributed by atoms with van der Waals surface area (Å²) in [6.45, 7) is 4.63. The van der Waals surface area contributed by atoms with Gasteiger partial charge in [-0.3, -0.25) is 4.79 Å². The van der Waals surface area contributed by atoms with Gasteiger partial charge in [0.15, 0.2) is 0 Å². The van der Waals surface area contributed by atoms with Crippen LogP contribution in [-0.2, 0) is 13.0 Å². The molecule has 1 atom stereocenters. The Labute approximate surface area is 78.2 Å². The van der Waals surface area contributed by atoms with Gasteiger partial charge in [0.2, 0.25) is 0 Å². The van der Waals surface area contributed by atoms with Crippen LogP contribution in [0.15, 0.2) is 23.1 Å². The van der Waals surface area contributed by atoms with Crippen molar-refractivity contribution in [2.24, 2.45) is 5.73 Å². The largest absolute Gasteiger partial charge is 0.328 e. The molecule has 0 fully saturated rings. The molecule has 0 saturated heterocycles. The second kappa shape index (κ2) is 4.23. The number of hydrogen-bond acceptors (Lipinski definition) is 2. The van der Waals surface area contributed by atoms with E-state index < -0.39 is 0 Å². The Kier molecular flexibility index (Phi) is 3.25. The summed E-state index contributed by atoms with van der Waals surface area (Å²) < 4.78 is 1.69. The van der Waals surface area contributed by atoms with Crippen LogP contribution in [0.4, 0.5) is 0 Å². The maximum atomic E-state index is 11.2. The molecule has 1 aromatic heterocycles. The molecule has 3 nitrogen and oxygen atoms in total. The van der Waals surface area contributed by atoms with Gasteiger partial charge in [0.25, 0.3) is 5.56 Å². The molecular weight excluding hydrogens is 164 g/mol. The van der Waals surface area contributed by atoms with Crippen molar-refractivity contribution in [3.63, 3.8) is 0 Å². The second-order valence-corrected chi connectivity index (χ2v) is 3.34. The Hall–Kier alpha value is -1.09. The van der Waals surface area contributed by atoms with Gasteiger partial charge in [-0.2, -0.15) is 0 Å². The minimum Gasteiger partial charge on any atom is -0.328 e. The molecule has 0 aliphatic heterocycles. The van der Waals surface area contributed by atoms with Crippen LogP contribution < -0.4 is 11.3 Å². The van der Waals surface area contributed by atoms with Crippen LogP contribution in [0, 0.1) is 0 Å². The van der Waals surface area contributed by atoms with E-state index in [4.69, 9.17) is 5.73 Å². The summed E-state index contributed by atoms with van der Waals surface area (Å²) >= 11 is 0. The van der Waals surface area contributed by atoms with E-state index >= 15 is 0 Å². The zero-order valence-electron chi connectivity index (χ0n) is 8.16. The molecule has 1 rings (SSSR count). The van der Waals surface area contributed by atoms with Crippen LogP contribution in [0.2, 0.25) is 0 Å². The monoisotopic (exact) mass is 180 g/mol. The Bertz CT molecular complexity index is 328. The number of hydrogen-bond donors (Lipinski definition) is 1. The van der Waals surface area contributed by atoms with E-state index in [-0.39, 0.29) is 11.6 Å². The molecule has 1 unspecified atom stereocenters. The van der Waals surface area contributed by atoms with Crippen molar-refractivity contribution in [1.29, 1.82) is 0 Å². The molecule has 0 spiro atoms. The fourth-order valence-corrected chi connectivity index (χ4v) is 1.32. The lowest BCUT2D eigenvalue weighted by atomic mass is 10.1. The van der Waals surface area contributed by atoms with Gasteiger partial charge in [0, 0.05) is 24.8 Å². The zero-order valence-corrected chi connectivity index (χ0v) is 8.16. The first-order valence-corrected chi connectivity index (χ1v) is 4.58. The quantitative estimate of drug-likeness (QED) is 0.746. The summed E-state index contributed by atoms with van der Waals surface area (Å²) in [6, 6.07) is 3.59. The third-order valence-corrected chi connectivity index (χ3v) is 1.94. The number of rotatable bonds is 3. The molecule has 0 radical (unpaired) electrons. The summed E-state index contributed by atoms with van der Waals surface area (Å²) in [5, 5.41) is 0. The van der Waals surface area contributed by atoms with Gasteiger partial charge < -0.3 is 10.3 Å². The maximum absolute atomic E-state index is 11.2. The van der Waals surface area contributed by atoms with Crippen molar-refractivity contribution in [2.75, 3.05) is 0 Å². The second-order valence-electron chi connectivity index (χ2n) is 3.34. The van der Waals surface area contributed by atoms with E-state index in [1.807, 2.05) is 26.1 Å². The Morgan fingerprint density at radius 3 is 2.77 bits per heavy atom. The molecule has 13 heavy (non-hydrogen) atoms. The third-order valence-electron chi connectivity index (χ3n) is 1.94. The lowest BCUT2D eigenvalue weighted by molar-refractivity contribution is 0.691. The van der Waals surface area contributed by atoms with Gasteiger partial charge in [-0.25, -0.2) is 0 Å². The van der Waals surface area contributed by atoms with E-state index in [9.17, 15) is 4.79 Å². The van der Waals surface area contributed by atoms with Crippen molar-refractivity contribution in [1.82, 2.24) is 4.57 Å². The molecule has 0 saturated carbocycles. The van der Waals surface area contributed by atoms with Crippen LogP contribution in [0.25, 0.3) is 0 Å². The van der Waals surface area contributed by atoms with E-state index in [0.29, 0.717) is 6.54 Å². The first kappa shape index (κ1) is 9.99. The Balaban J connectivity index is 2.93. The molecule has 0 bridgehead atoms. The average Bonchev–Trinajstić information content (AvgIpc) is 2.07. The van der Waals surface area contributed by atoms with Gasteiger partial charge in [0.05, 0.1) is 0 Å². The molecule has 0 aliphatic carbocycles. The van der Waals surface area contributed by atoms with Gasteiger partial charge in [-0.05, 0) is 25.8 Å². The topological polar surface area (TPSA) is 48.0 Å². The Morgan fingerprint density at radius 2 is 2.23 bits per heavy atom. The first-order chi connectivity index (χ1) is 6.13. The minimum absolute atomic E-state index is 0.0518. The van der Waals surface area contributed by atoms with Gasteiger partial charge in [0.1, 0.15) is 0 Å². The number of nitrogens with zero attached hydrogens (tertiary/aromatic N) is 1. The average molecular weight is 180 g/mol. The van der Waals surface area contributed by atoms with Crippen molar-refractivity contribution in [2.45, 2.75) is 32.9 Å². The molecule has 0 aromatic carbocycles. The van der Waals surface area contributed by atoms with Crippen molar-refractivity contribution < 1.29 is 0 Å². The first-order valence-electron chi connectivity index (χ1n) is 4.58. The lowest BCUT2D eigenvalue weighted by Crippen LogP contribution is -2.22. The molecule has 1 heterocycles. The van der Waals surface area contributed by atoms with Crippen LogP contribution in [0.5, 0.6) is 0 Å². The summed E-state index contributed by atoms with van der Waals surface area (Å²) in [6.07, 6.45) is 2.70. The molecule has 0 amide bonds. The standard InChI is InChI=1S/C10H16N2O/c1-3-12-7-9(6-8(2)11)4-5-10(12)13/h4-5,7-8H,3,6,11H2,1-2H3. The van der Waals surface area contributed by atoms with Crippen LogP contribution in [0.1, 0.15) is 19.4 Å². The predicted octanol–water partition coefficient (Wildman–Crippen LogP) is 0.758. The molecule has 0 aliphatic rings. The third kappa shape index (κ3) is 2.70. The number of pyridine rings is 1. The van der Waals surface area contributed by atoms with Gasteiger partial charge in [-0.15, -0.1) is 0 Å². The number of nitrogens with two attached hydrogens (primary N) is 1. The molecular formula is C10H16N2O. The van der Waals surface area contributed by atoms with Crippen LogP contribution in [0.3, 0.4) is 0 Å². The summed E-state index contributed by atoms with van der Waals surface area (Å²) in [5.74, 6) is 0. The smallest absolute Gasteiger partial charge is 0.250 e. The van der Waals surface area contributed by atoms with E-state index in [2.05, 4.69) is 0 Å². The lowest BCUT2D eigenvalue weighted by Gasteiger charge is -2.07. The van der Waals surface area contributed by atoms with Crippen molar-refractivity contribution in [3.8, 4) is 0 Å². The van der Waals surface area contributed by atoms with Crippen molar-refractivity contribution >= 4 is 0 Å². The molecule has 3 heteroatoms. The Morgan fingerprint density at radius 1 is 1.54 bits per heavy atom. The van der Waals surface area contributed by atoms with Gasteiger partial charge in [-0.1, -0.05) is 6.07 Å². The predicted molar refractivity (Wildman–Crippen MR) is 53.7 cm³/mol. The SMILES string of the molecule is CCn1cc(CC(C)N)ccc1=O. The highest BCUT2D eigenvalue weighted by Gasteiger charge is 1.99. The molecule has 2 N–H and O–H groups in total. The molecule has 1 aromatic rings. The van der Waals surface area contributed by atoms with Crippen LogP contribution in [-0.4, -0.2) is 10.6 Å². The molecule has 72 valence electrons. The number of aromatic nitrogens is 1. The minimum atomic E-state index is 0.0518. The maximum Gasteiger partial charge on any atom is 0.250 e. The summed E-state index contributed by atoms with van der Waals surface area (Å²) in [7, 11) is 0. The fourth-order valence-electron chi connectivity index (χ4n) is 1.32. The van der Waals surface area contributed by atoms with Gasteiger partial charge >= 0.3 is 0 Å². The highest BCUT2D eigenvalue weighted by atomic mass is 16.1. The number of aryl methyl sites for hydroxylation is 1. The summed E-state index contributed by atoms with van der Waals surface area (Å²) in [4.78, 5) is 11.2. The van der Waals surface area contributed by atoms with E-state index in [1.165, 1.54) is 0 Å². The van der Waals surface area contributed by atoms with Crippen molar-refractivity contribution in [3.05, 3.63) is 34.2 Å². The zero-order chi connectivity index (χ0) is 9.84. The normalized spacial score (nSPS) is 12.8. The van der Waals surface area contributed by atoms with E-state index in [1.54, 1.807) is 10.6 Å².